The molecule has 0 fully saturated rings. The highest BCUT2D eigenvalue weighted by molar-refractivity contribution is 7.86. The summed E-state index contributed by atoms with van der Waals surface area (Å²) in [6.07, 6.45) is 0.198. The Labute approximate surface area is 99.9 Å². The van der Waals surface area contributed by atoms with E-state index in [1.165, 1.54) is 6.92 Å². The van der Waals surface area contributed by atoms with Gasteiger partial charge in [-0.2, -0.15) is 17.2 Å². The van der Waals surface area contributed by atoms with Crippen LogP contribution in [0.1, 0.15) is 20.3 Å². The molecule has 5 nitrogen and oxygen atoms in total. The number of oxime groups is 1. The molecule has 0 amide bonds. The second-order valence-electron chi connectivity index (χ2n) is 3.63. The number of nitrogens with zero attached hydrogens (tertiary/aromatic N) is 1. The summed E-state index contributed by atoms with van der Waals surface area (Å²) >= 11 is 0. The maximum atomic E-state index is 13.5. The highest BCUT2D eigenvalue weighted by Gasteiger charge is 2.41. The average Bonchev–Trinajstić information content (AvgIpc) is 2.20. The van der Waals surface area contributed by atoms with Crippen LogP contribution in [-0.4, -0.2) is 40.0 Å². The van der Waals surface area contributed by atoms with Crippen molar-refractivity contribution in [1.29, 1.82) is 0 Å². The Morgan fingerprint density at radius 1 is 1.47 bits per heavy atom. The van der Waals surface area contributed by atoms with Crippen LogP contribution < -0.4 is 0 Å². The van der Waals surface area contributed by atoms with Gasteiger partial charge in [0, 0.05) is 0 Å². The first-order valence-corrected chi connectivity index (χ1v) is 6.79. The van der Waals surface area contributed by atoms with Gasteiger partial charge in [0.25, 0.3) is 16.0 Å². The molecule has 8 heteroatoms. The molecule has 102 valence electrons. The molecule has 0 aliphatic carbocycles. The van der Waals surface area contributed by atoms with Gasteiger partial charge in [0.1, 0.15) is 13.3 Å². The zero-order valence-electron chi connectivity index (χ0n) is 10.2. The molecule has 0 aliphatic heterocycles. The van der Waals surface area contributed by atoms with Crippen molar-refractivity contribution in [3.63, 3.8) is 0 Å². The fourth-order valence-corrected chi connectivity index (χ4v) is 1.97. The molecule has 0 aliphatic rings. The van der Waals surface area contributed by atoms with Gasteiger partial charge < -0.3 is 4.84 Å². The Hall–Kier alpha value is -0.760. The summed E-state index contributed by atoms with van der Waals surface area (Å²) in [5.74, 6) is -4.64. The van der Waals surface area contributed by atoms with Gasteiger partial charge in [-0.3, -0.25) is 4.18 Å². The largest absolute Gasteiger partial charge is 0.399 e. The molecule has 0 aromatic heterocycles. The number of hydrogen-bond acceptors (Lipinski definition) is 5. The van der Waals surface area contributed by atoms with Gasteiger partial charge in [-0.25, -0.2) is 0 Å². The van der Waals surface area contributed by atoms with Crippen molar-refractivity contribution in [1.82, 2.24) is 0 Å². The van der Waals surface area contributed by atoms with Gasteiger partial charge in [-0.15, -0.1) is 0 Å². The van der Waals surface area contributed by atoms with Crippen molar-refractivity contribution in [2.24, 2.45) is 11.1 Å². The smallest absolute Gasteiger partial charge is 0.291 e. The average molecular weight is 273 g/mol. The summed E-state index contributed by atoms with van der Waals surface area (Å²) in [6.45, 7) is 2.76. The lowest BCUT2D eigenvalue weighted by Crippen LogP contribution is -2.38. The van der Waals surface area contributed by atoms with Crippen LogP contribution >= 0.6 is 0 Å². The van der Waals surface area contributed by atoms with Crippen LogP contribution in [0, 0.1) is 5.92 Å². The third-order valence-corrected chi connectivity index (χ3v) is 2.79. The molecule has 0 saturated heterocycles. The molecular formula is C9H17F2NO4S. The summed E-state index contributed by atoms with van der Waals surface area (Å²) in [7, 11) is -2.63. The number of rotatable bonds is 7. The second-order valence-corrected chi connectivity index (χ2v) is 5.23. The third-order valence-electron chi connectivity index (χ3n) is 2.20. The van der Waals surface area contributed by atoms with E-state index in [9.17, 15) is 17.2 Å². The van der Waals surface area contributed by atoms with Crippen molar-refractivity contribution in [2.75, 3.05) is 13.4 Å². The maximum absolute atomic E-state index is 13.5. The van der Waals surface area contributed by atoms with Gasteiger partial charge in [0.05, 0.1) is 18.3 Å². The predicted molar refractivity (Wildman–Crippen MR) is 59.6 cm³/mol. The minimum atomic E-state index is -3.77. The lowest BCUT2D eigenvalue weighted by molar-refractivity contribution is -0.0305. The highest BCUT2D eigenvalue weighted by atomic mass is 32.2. The first-order chi connectivity index (χ1) is 7.64. The van der Waals surface area contributed by atoms with Crippen molar-refractivity contribution in [3.8, 4) is 0 Å². The lowest BCUT2D eigenvalue weighted by atomic mass is 9.96. The van der Waals surface area contributed by atoms with E-state index in [4.69, 9.17) is 0 Å². The molecule has 0 saturated carbocycles. The van der Waals surface area contributed by atoms with E-state index in [1.807, 2.05) is 0 Å². The summed E-state index contributed by atoms with van der Waals surface area (Å²) in [5.41, 5.74) is 0. The topological polar surface area (TPSA) is 65.0 Å². The van der Waals surface area contributed by atoms with Crippen molar-refractivity contribution in [3.05, 3.63) is 0 Å². The molecule has 0 N–H and O–H groups in total. The first kappa shape index (κ1) is 16.2. The van der Waals surface area contributed by atoms with Gasteiger partial charge in [-0.05, 0) is 6.42 Å². The Balaban J connectivity index is 4.85. The maximum Gasteiger partial charge on any atom is 0.291 e. The van der Waals surface area contributed by atoms with Crippen LogP contribution in [0.4, 0.5) is 8.78 Å². The van der Waals surface area contributed by atoms with Gasteiger partial charge in [0.15, 0.2) is 0 Å². The van der Waals surface area contributed by atoms with Crippen LogP contribution in [0.15, 0.2) is 5.16 Å². The highest BCUT2D eigenvalue weighted by Crippen LogP contribution is 2.29. The quantitative estimate of drug-likeness (QED) is 0.402. The van der Waals surface area contributed by atoms with E-state index in [0.717, 1.165) is 13.4 Å². The Bertz CT molecular complexity index is 356. The number of halogens is 2. The number of hydrogen-bond donors (Lipinski definition) is 0. The van der Waals surface area contributed by atoms with Crippen LogP contribution in [0.25, 0.3) is 0 Å². The van der Waals surface area contributed by atoms with E-state index in [0.29, 0.717) is 6.21 Å². The molecular weight excluding hydrogens is 256 g/mol. The molecule has 0 spiro atoms. The Morgan fingerprint density at radius 3 is 2.35 bits per heavy atom. The summed E-state index contributed by atoms with van der Waals surface area (Å²) < 4.78 is 53.5. The molecule has 1 unspecified atom stereocenters. The normalized spacial score (nSPS) is 17.1. The van der Waals surface area contributed by atoms with E-state index < -0.39 is 28.1 Å². The molecule has 2 atom stereocenters. The fourth-order valence-electron chi connectivity index (χ4n) is 1.22. The van der Waals surface area contributed by atoms with Crippen LogP contribution in [0.3, 0.4) is 0 Å². The van der Waals surface area contributed by atoms with Gasteiger partial charge in [-0.1, -0.05) is 19.0 Å². The fraction of sp³-hybridized carbons (Fsp3) is 0.889. The van der Waals surface area contributed by atoms with Crippen LogP contribution in [0.5, 0.6) is 0 Å². The monoisotopic (exact) mass is 273 g/mol. The van der Waals surface area contributed by atoms with Crippen LogP contribution in [-0.2, 0) is 19.1 Å². The van der Waals surface area contributed by atoms with Crippen molar-refractivity contribution in [2.45, 2.75) is 32.3 Å². The van der Waals surface area contributed by atoms with E-state index in [-0.39, 0.29) is 6.42 Å². The predicted octanol–water partition coefficient (Wildman–Crippen LogP) is 1.64. The van der Waals surface area contributed by atoms with E-state index in [1.54, 1.807) is 6.92 Å². The summed E-state index contributed by atoms with van der Waals surface area (Å²) in [4.78, 5) is 4.17. The Morgan fingerprint density at radius 2 is 2.00 bits per heavy atom. The summed E-state index contributed by atoms with van der Waals surface area (Å²) in [5, 5.41) is 3.00. The first-order valence-electron chi connectivity index (χ1n) is 4.97. The van der Waals surface area contributed by atoms with Gasteiger partial charge >= 0.3 is 0 Å². The number of alkyl halides is 2. The van der Waals surface area contributed by atoms with Crippen molar-refractivity contribution >= 4 is 16.3 Å². The molecule has 0 bridgehead atoms. The molecule has 0 heterocycles. The van der Waals surface area contributed by atoms with Crippen molar-refractivity contribution < 1.29 is 26.2 Å². The molecule has 0 aromatic rings. The zero-order chi connectivity index (χ0) is 13.7. The molecule has 0 radical (unpaired) electrons. The molecule has 0 rings (SSSR count). The molecule has 0 aromatic carbocycles. The Kier molecular flexibility index (Phi) is 5.97. The second kappa shape index (κ2) is 6.25. The lowest BCUT2D eigenvalue weighted by Gasteiger charge is -2.26. The standard InChI is InChI=1S/C9H17F2NO4S/c1-5-8(16-17(4,13)14)7(2)9(10,11)6-12-15-3/h6-8H,5H2,1-4H3/b12-6+/t7-,8?/m1/s1. The van der Waals surface area contributed by atoms with Gasteiger partial charge in [0.2, 0.25) is 0 Å². The minimum absolute atomic E-state index is 0.144. The minimum Gasteiger partial charge on any atom is -0.399 e. The molecule has 17 heavy (non-hydrogen) atoms. The van der Waals surface area contributed by atoms with E-state index in [2.05, 4.69) is 14.2 Å². The third kappa shape index (κ3) is 5.92. The zero-order valence-corrected chi connectivity index (χ0v) is 11.0. The van der Waals surface area contributed by atoms with E-state index >= 15 is 0 Å². The SMILES string of the molecule is CCC(OS(C)(=O)=O)[C@@H](C)C(F)(F)/C=N/OC. The summed E-state index contributed by atoms with van der Waals surface area (Å²) in [6, 6.07) is 0. The van der Waals surface area contributed by atoms with Crippen LogP contribution in [0.2, 0.25) is 0 Å².